The number of rotatable bonds is 3. The normalized spacial score (nSPS) is 20.1. The monoisotopic (exact) mass is 260 g/mol. The topological polar surface area (TPSA) is 32.7 Å². The van der Waals surface area contributed by atoms with Crippen molar-refractivity contribution in [2.24, 2.45) is 4.99 Å². The van der Waals surface area contributed by atoms with Crippen molar-refractivity contribution in [2.75, 3.05) is 13.1 Å². The lowest BCUT2D eigenvalue weighted by molar-refractivity contribution is -0.122. The number of amides is 1. The summed E-state index contributed by atoms with van der Waals surface area (Å²) in [6.45, 7) is 5.31. The van der Waals surface area contributed by atoms with E-state index in [1.807, 2.05) is 50.3 Å². The van der Waals surface area contributed by atoms with Crippen molar-refractivity contribution in [1.82, 2.24) is 4.90 Å². The molecule has 0 atom stereocenters. The molecule has 2 rings (SSSR count). The summed E-state index contributed by atoms with van der Waals surface area (Å²) in [6.07, 6.45) is 1.92. The van der Waals surface area contributed by atoms with Crippen molar-refractivity contribution in [3.8, 4) is 0 Å². The van der Waals surface area contributed by atoms with Crippen LogP contribution in [0.3, 0.4) is 0 Å². The third kappa shape index (κ3) is 2.64. The first-order valence-corrected chi connectivity index (χ1v) is 6.88. The molecule has 1 saturated heterocycles. The molecular weight excluding hydrogens is 244 g/mol. The quantitative estimate of drug-likeness (QED) is 0.783. The molecule has 0 unspecified atom stereocenters. The Morgan fingerprint density at radius 3 is 2.61 bits per heavy atom. The maximum Gasteiger partial charge on any atom is 0.266 e. The fourth-order valence-electron chi connectivity index (χ4n) is 1.74. The van der Waals surface area contributed by atoms with E-state index >= 15 is 0 Å². The van der Waals surface area contributed by atoms with Crippen LogP contribution in [0.25, 0.3) is 6.08 Å². The molecule has 1 aromatic rings. The Morgan fingerprint density at radius 1 is 1.28 bits per heavy atom. The third-order valence-corrected chi connectivity index (χ3v) is 3.64. The van der Waals surface area contributed by atoms with Gasteiger partial charge in [-0.1, -0.05) is 30.3 Å². The Hall–Kier alpha value is -1.55. The number of aliphatic imine (C=N–C) groups is 1. The van der Waals surface area contributed by atoms with Crippen LogP contribution in [-0.2, 0) is 4.79 Å². The molecule has 1 fully saturated rings. The predicted octanol–water partition coefficient (Wildman–Crippen LogP) is 3.00. The molecule has 1 amide bonds. The van der Waals surface area contributed by atoms with Gasteiger partial charge in [0.2, 0.25) is 0 Å². The Morgan fingerprint density at radius 2 is 2.00 bits per heavy atom. The van der Waals surface area contributed by atoms with Crippen molar-refractivity contribution in [3.63, 3.8) is 0 Å². The van der Waals surface area contributed by atoms with Crippen LogP contribution in [0.4, 0.5) is 0 Å². The van der Waals surface area contributed by atoms with E-state index in [-0.39, 0.29) is 5.91 Å². The zero-order chi connectivity index (χ0) is 13.0. The van der Waals surface area contributed by atoms with Gasteiger partial charge in [-0.25, -0.2) is 0 Å². The highest BCUT2D eigenvalue weighted by molar-refractivity contribution is 8.18. The summed E-state index contributed by atoms with van der Waals surface area (Å²) in [4.78, 5) is 19.0. The molecule has 0 N–H and O–H groups in total. The van der Waals surface area contributed by atoms with Crippen LogP contribution in [0, 0.1) is 0 Å². The van der Waals surface area contributed by atoms with Gasteiger partial charge in [-0.2, -0.15) is 0 Å². The molecule has 94 valence electrons. The molecule has 0 aromatic heterocycles. The van der Waals surface area contributed by atoms with Gasteiger partial charge in [-0.3, -0.25) is 14.7 Å². The van der Waals surface area contributed by atoms with Crippen LogP contribution in [0.15, 0.2) is 40.2 Å². The smallest absolute Gasteiger partial charge is 0.266 e. The van der Waals surface area contributed by atoms with E-state index in [9.17, 15) is 4.79 Å². The molecule has 1 aromatic carbocycles. The zero-order valence-corrected chi connectivity index (χ0v) is 11.4. The van der Waals surface area contributed by atoms with E-state index in [1.165, 1.54) is 11.8 Å². The predicted molar refractivity (Wildman–Crippen MR) is 77.4 cm³/mol. The Kier molecular flexibility index (Phi) is 4.20. The van der Waals surface area contributed by atoms with Crippen molar-refractivity contribution < 1.29 is 4.79 Å². The van der Waals surface area contributed by atoms with E-state index in [4.69, 9.17) is 0 Å². The number of benzene rings is 1. The van der Waals surface area contributed by atoms with Gasteiger partial charge in [0.1, 0.15) is 0 Å². The maximum atomic E-state index is 12.2. The fourth-order valence-corrected chi connectivity index (χ4v) is 2.85. The van der Waals surface area contributed by atoms with Gasteiger partial charge in [0.15, 0.2) is 5.17 Å². The second-order valence-corrected chi connectivity index (χ2v) is 4.84. The van der Waals surface area contributed by atoms with Gasteiger partial charge in [0.05, 0.1) is 4.91 Å². The van der Waals surface area contributed by atoms with Crippen LogP contribution in [-0.4, -0.2) is 29.1 Å². The molecule has 0 saturated carbocycles. The van der Waals surface area contributed by atoms with Crippen LogP contribution in [0.5, 0.6) is 0 Å². The lowest BCUT2D eigenvalue weighted by Gasteiger charge is -2.11. The number of amidine groups is 1. The standard InChI is InChI=1S/C14H16N2OS/c1-3-15-14-16(4-2)13(17)12(18-14)10-11-8-6-5-7-9-11/h5-10H,3-4H2,1-2H3/b12-10+,15-14?. The van der Waals surface area contributed by atoms with Crippen LogP contribution < -0.4 is 0 Å². The molecule has 3 nitrogen and oxygen atoms in total. The molecule has 4 heteroatoms. The van der Waals surface area contributed by atoms with Crippen molar-refractivity contribution >= 4 is 28.9 Å². The summed E-state index contributed by atoms with van der Waals surface area (Å²) >= 11 is 1.46. The molecular formula is C14H16N2OS. The highest BCUT2D eigenvalue weighted by Crippen LogP contribution is 2.32. The van der Waals surface area contributed by atoms with Crippen molar-refractivity contribution in [2.45, 2.75) is 13.8 Å². The minimum Gasteiger partial charge on any atom is -0.287 e. The van der Waals surface area contributed by atoms with Gasteiger partial charge in [-0.15, -0.1) is 0 Å². The number of nitrogens with zero attached hydrogens (tertiary/aromatic N) is 2. The molecule has 1 heterocycles. The highest BCUT2D eigenvalue weighted by atomic mass is 32.2. The number of carbonyl (C=O) groups excluding carboxylic acids is 1. The number of carbonyl (C=O) groups is 1. The number of hydrogen-bond donors (Lipinski definition) is 0. The first-order valence-electron chi connectivity index (χ1n) is 6.07. The maximum absolute atomic E-state index is 12.2. The average molecular weight is 260 g/mol. The fraction of sp³-hybridized carbons (Fsp3) is 0.286. The Bertz CT molecular complexity index is 494. The Balaban J connectivity index is 2.29. The van der Waals surface area contributed by atoms with E-state index in [0.717, 1.165) is 15.6 Å². The van der Waals surface area contributed by atoms with Crippen LogP contribution in [0.2, 0.25) is 0 Å². The minimum atomic E-state index is 0.0542. The van der Waals surface area contributed by atoms with Crippen molar-refractivity contribution in [3.05, 3.63) is 40.8 Å². The third-order valence-electron chi connectivity index (χ3n) is 2.60. The number of hydrogen-bond acceptors (Lipinski definition) is 3. The summed E-state index contributed by atoms with van der Waals surface area (Å²) in [7, 11) is 0. The molecule has 0 spiro atoms. The van der Waals surface area contributed by atoms with E-state index in [0.29, 0.717) is 13.1 Å². The molecule has 18 heavy (non-hydrogen) atoms. The molecule has 1 aliphatic rings. The van der Waals surface area contributed by atoms with Crippen molar-refractivity contribution in [1.29, 1.82) is 0 Å². The van der Waals surface area contributed by atoms with E-state index < -0.39 is 0 Å². The summed E-state index contributed by atoms with van der Waals surface area (Å²) in [6, 6.07) is 9.89. The number of thioether (sulfide) groups is 1. The first-order chi connectivity index (χ1) is 8.76. The van der Waals surface area contributed by atoms with Crippen LogP contribution >= 0.6 is 11.8 Å². The molecule has 0 bridgehead atoms. The number of likely N-dealkylation sites (N-methyl/N-ethyl adjacent to an activating group) is 1. The van der Waals surface area contributed by atoms with Gasteiger partial charge in [-0.05, 0) is 37.2 Å². The van der Waals surface area contributed by atoms with Gasteiger partial charge < -0.3 is 0 Å². The minimum absolute atomic E-state index is 0.0542. The zero-order valence-electron chi connectivity index (χ0n) is 10.6. The summed E-state index contributed by atoms with van der Waals surface area (Å²) in [5.74, 6) is 0.0542. The largest absolute Gasteiger partial charge is 0.287 e. The summed E-state index contributed by atoms with van der Waals surface area (Å²) in [5.41, 5.74) is 1.04. The lowest BCUT2D eigenvalue weighted by atomic mass is 10.2. The molecule has 1 aliphatic heterocycles. The second kappa shape index (κ2) is 5.87. The van der Waals surface area contributed by atoms with Gasteiger partial charge in [0, 0.05) is 13.1 Å². The highest BCUT2D eigenvalue weighted by Gasteiger charge is 2.31. The SMILES string of the molecule is CCN=C1S/C(=C/c2ccccc2)C(=O)N1CC. The van der Waals surface area contributed by atoms with E-state index in [2.05, 4.69) is 4.99 Å². The Labute approximate surface area is 112 Å². The summed E-state index contributed by atoms with van der Waals surface area (Å²) in [5, 5.41) is 0.812. The second-order valence-electron chi connectivity index (χ2n) is 3.83. The van der Waals surface area contributed by atoms with E-state index in [1.54, 1.807) is 4.90 Å². The van der Waals surface area contributed by atoms with Gasteiger partial charge in [0.25, 0.3) is 5.91 Å². The van der Waals surface area contributed by atoms with Gasteiger partial charge >= 0.3 is 0 Å². The first kappa shape index (κ1) is 12.9. The average Bonchev–Trinajstić information content (AvgIpc) is 2.67. The lowest BCUT2D eigenvalue weighted by Crippen LogP contribution is -2.28. The molecule has 0 aliphatic carbocycles. The molecule has 0 radical (unpaired) electrons. The summed E-state index contributed by atoms with van der Waals surface area (Å²) < 4.78 is 0. The van der Waals surface area contributed by atoms with Crippen LogP contribution in [0.1, 0.15) is 19.4 Å².